The van der Waals surface area contributed by atoms with Gasteiger partial charge in [-0.05, 0) is 32.3 Å². The lowest BCUT2D eigenvalue weighted by Crippen LogP contribution is -2.60. The Morgan fingerprint density at radius 1 is 0.977 bits per heavy atom. The topological polar surface area (TPSA) is 162 Å². The van der Waals surface area contributed by atoms with Crippen LogP contribution in [0.2, 0.25) is 0 Å². The molecule has 0 saturated carbocycles. The van der Waals surface area contributed by atoms with E-state index < -0.39 is 47.9 Å². The molecule has 2 heterocycles. The number of carbonyl (C=O) groups excluding carboxylic acids is 4. The van der Waals surface area contributed by atoms with E-state index in [0.717, 1.165) is 16.7 Å². The fraction of sp³-hybridized carbons (Fsp3) is 0.516. The average Bonchev–Trinajstić information content (AvgIpc) is 2.95. The van der Waals surface area contributed by atoms with E-state index in [1.54, 1.807) is 27.2 Å². The standard InChI is InChI=1S/C31H44N6O6/c1-18(2)26-31(42)34-23(14-22-10-8-7-9-11-22)29(40)36-27(21(5)38)30(41)32-12-13-37(17-25(39)35-26)16-24-20(4)28(43-6)19(3)15-33-24/h7-11,15,18,21,23,26-27,38H,12-14,16-17H2,1-6H3,(H,32,41)(H,34,42)(H,35,39)(H,36,40)/t21-,23+,26-,27+/m1/s1. The van der Waals surface area contributed by atoms with Crippen molar-refractivity contribution in [2.24, 2.45) is 5.92 Å². The minimum Gasteiger partial charge on any atom is -0.496 e. The third-order valence-corrected chi connectivity index (χ3v) is 7.46. The first-order valence-corrected chi connectivity index (χ1v) is 14.5. The molecule has 2 aromatic rings. The molecule has 4 amide bonds. The third kappa shape index (κ3) is 9.23. The summed E-state index contributed by atoms with van der Waals surface area (Å²) < 4.78 is 5.53. The fourth-order valence-electron chi connectivity index (χ4n) is 5.04. The molecule has 43 heavy (non-hydrogen) atoms. The maximum atomic E-state index is 13.5. The van der Waals surface area contributed by atoms with Gasteiger partial charge < -0.3 is 31.1 Å². The highest BCUT2D eigenvalue weighted by Crippen LogP contribution is 2.24. The molecule has 1 fully saturated rings. The predicted octanol–water partition coefficient (Wildman–Crippen LogP) is 0.373. The van der Waals surface area contributed by atoms with Crippen molar-refractivity contribution >= 4 is 23.6 Å². The van der Waals surface area contributed by atoms with Crippen LogP contribution < -0.4 is 26.0 Å². The number of hydrogen-bond acceptors (Lipinski definition) is 8. The van der Waals surface area contributed by atoms with Crippen molar-refractivity contribution in [3.05, 3.63) is 58.9 Å². The summed E-state index contributed by atoms with van der Waals surface area (Å²) in [6, 6.07) is 5.89. The van der Waals surface area contributed by atoms with Gasteiger partial charge in [-0.15, -0.1) is 0 Å². The highest BCUT2D eigenvalue weighted by atomic mass is 16.5. The number of methoxy groups -OCH3 is 1. The molecule has 1 aromatic carbocycles. The zero-order valence-corrected chi connectivity index (χ0v) is 25.8. The van der Waals surface area contributed by atoms with Crippen LogP contribution in [-0.4, -0.2) is 89.6 Å². The van der Waals surface area contributed by atoms with E-state index in [9.17, 15) is 24.3 Å². The molecule has 12 nitrogen and oxygen atoms in total. The van der Waals surface area contributed by atoms with Gasteiger partial charge in [0, 0.05) is 43.4 Å². The van der Waals surface area contributed by atoms with Crippen molar-refractivity contribution in [1.29, 1.82) is 0 Å². The van der Waals surface area contributed by atoms with Gasteiger partial charge in [-0.25, -0.2) is 0 Å². The summed E-state index contributed by atoms with van der Waals surface area (Å²) in [5, 5.41) is 21.4. The van der Waals surface area contributed by atoms with Crippen molar-refractivity contribution in [2.45, 2.75) is 71.8 Å². The molecular formula is C31H44N6O6. The maximum Gasteiger partial charge on any atom is 0.245 e. The van der Waals surface area contributed by atoms with Crippen LogP contribution in [0, 0.1) is 19.8 Å². The minimum atomic E-state index is -1.26. The van der Waals surface area contributed by atoms with Gasteiger partial charge in [0.15, 0.2) is 0 Å². The Kier molecular flexibility index (Phi) is 12.0. The lowest BCUT2D eigenvalue weighted by Gasteiger charge is -2.27. The number of aliphatic hydroxyl groups excluding tert-OH is 1. The number of hydrogen-bond donors (Lipinski definition) is 5. The second-order valence-electron chi connectivity index (χ2n) is 11.3. The number of nitrogens with zero attached hydrogens (tertiary/aromatic N) is 2. The molecule has 1 aromatic heterocycles. The Hall–Kier alpha value is -4.03. The molecule has 0 unspecified atom stereocenters. The number of rotatable bonds is 7. The predicted molar refractivity (Wildman–Crippen MR) is 161 cm³/mol. The number of aryl methyl sites for hydroxylation is 1. The first-order chi connectivity index (χ1) is 20.4. The monoisotopic (exact) mass is 596 g/mol. The van der Waals surface area contributed by atoms with Crippen LogP contribution >= 0.6 is 0 Å². The van der Waals surface area contributed by atoms with E-state index in [1.165, 1.54) is 6.92 Å². The lowest BCUT2D eigenvalue weighted by atomic mass is 10.0. The average molecular weight is 597 g/mol. The molecule has 3 rings (SSSR count). The molecule has 1 saturated heterocycles. The zero-order chi connectivity index (χ0) is 31.7. The Labute approximate surface area is 253 Å². The molecule has 1 aliphatic heterocycles. The van der Waals surface area contributed by atoms with Gasteiger partial charge in [0.1, 0.15) is 23.9 Å². The molecule has 1 aliphatic rings. The van der Waals surface area contributed by atoms with E-state index in [-0.39, 0.29) is 38.5 Å². The fourth-order valence-corrected chi connectivity index (χ4v) is 5.04. The Morgan fingerprint density at radius 2 is 1.67 bits per heavy atom. The van der Waals surface area contributed by atoms with Crippen LogP contribution in [0.3, 0.4) is 0 Å². The Morgan fingerprint density at radius 3 is 2.30 bits per heavy atom. The van der Waals surface area contributed by atoms with Crippen LogP contribution in [0.15, 0.2) is 36.5 Å². The summed E-state index contributed by atoms with van der Waals surface area (Å²) in [6.07, 6.45) is 0.644. The normalized spacial score (nSPS) is 22.0. The number of aromatic nitrogens is 1. The van der Waals surface area contributed by atoms with E-state index in [2.05, 4.69) is 26.3 Å². The van der Waals surface area contributed by atoms with E-state index in [0.29, 0.717) is 11.4 Å². The van der Waals surface area contributed by atoms with Crippen LogP contribution in [-0.2, 0) is 32.1 Å². The quantitative estimate of drug-likeness (QED) is 0.306. The SMILES string of the molecule is COc1c(C)cnc(CN2CCNC(=O)[C@H]([C@@H](C)O)NC(=O)[C@H](Cc3ccccc3)NC(=O)[C@@H](C(C)C)NC(=O)C2)c1C. The summed E-state index contributed by atoms with van der Waals surface area (Å²) in [6.45, 7) is 9.40. The largest absolute Gasteiger partial charge is 0.496 e. The molecule has 0 spiro atoms. The number of aliphatic hydroxyl groups is 1. The number of ether oxygens (including phenoxy) is 1. The van der Waals surface area contributed by atoms with Gasteiger partial charge >= 0.3 is 0 Å². The number of nitrogens with one attached hydrogen (secondary N) is 4. The Balaban J connectivity index is 1.93. The lowest BCUT2D eigenvalue weighted by molar-refractivity contribution is -0.135. The first-order valence-electron chi connectivity index (χ1n) is 14.5. The Bertz CT molecular complexity index is 1290. The number of amides is 4. The van der Waals surface area contributed by atoms with Gasteiger partial charge in [0.25, 0.3) is 0 Å². The summed E-state index contributed by atoms with van der Waals surface area (Å²) in [7, 11) is 1.59. The van der Waals surface area contributed by atoms with Crippen molar-refractivity contribution in [1.82, 2.24) is 31.2 Å². The van der Waals surface area contributed by atoms with Crippen molar-refractivity contribution in [2.75, 3.05) is 26.7 Å². The summed E-state index contributed by atoms with van der Waals surface area (Å²) in [5.41, 5.74) is 3.21. The number of benzene rings is 1. The van der Waals surface area contributed by atoms with Crippen molar-refractivity contribution < 1.29 is 29.0 Å². The molecule has 0 bridgehead atoms. The van der Waals surface area contributed by atoms with Crippen LogP contribution in [0.5, 0.6) is 5.75 Å². The summed E-state index contributed by atoms with van der Waals surface area (Å²) >= 11 is 0. The van der Waals surface area contributed by atoms with Gasteiger partial charge in [-0.2, -0.15) is 0 Å². The molecular weight excluding hydrogens is 552 g/mol. The van der Waals surface area contributed by atoms with E-state index in [4.69, 9.17) is 4.74 Å². The van der Waals surface area contributed by atoms with Crippen LogP contribution in [0.4, 0.5) is 0 Å². The van der Waals surface area contributed by atoms with Gasteiger partial charge in [-0.1, -0.05) is 44.2 Å². The molecule has 0 radical (unpaired) electrons. The molecule has 12 heteroatoms. The minimum absolute atomic E-state index is 0.0753. The van der Waals surface area contributed by atoms with Gasteiger partial charge in [-0.3, -0.25) is 29.1 Å². The summed E-state index contributed by atoms with van der Waals surface area (Å²) in [5.74, 6) is -1.71. The first kappa shape index (κ1) is 33.5. The van der Waals surface area contributed by atoms with Crippen LogP contribution in [0.25, 0.3) is 0 Å². The van der Waals surface area contributed by atoms with Crippen LogP contribution in [0.1, 0.15) is 43.2 Å². The molecule has 234 valence electrons. The van der Waals surface area contributed by atoms with Gasteiger partial charge in [0.05, 0.1) is 25.5 Å². The molecule has 4 atom stereocenters. The highest BCUT2D eigenvalue weighted by molar-refractivity contribution is 5.95. The maximum absolute atomic E-state index is 13.5. The molecule has 0 aliphatic carbocycles. The third-order valence-electron chi connectivity index (χ3n) is 7.46. The smallest absolute Gasteiger partial charge is 0.245 e. The van der Waals surface area contributed by atoms with Gasteiger partial charge in [0.2, 0.25) is 23.6 Å². The second kappa shape index (κ2) is 15.4. The highest BCUT2D eigenvalue weighted by Gasteiger charge is 2.33. The zero-order valence-electron chi connectivity index (χ0n) is 25.8. The van der Waals surface area contributed by atoms with Crippen molar-refractivity contribution in [3.8, 4) is 5.75 Å². The van der Waals surface area contributed by atoms with E-state index in [1.807, 2.05) is 49.1 Å². The molecule has 5 N–H and O–H groups in total. The van der Waals surface area contributed by atoms with E-state index >= 15 is 0 Å². The van der Waals surface area contributed by atoms with Crippen molar-refractivity contribution in [3.63, 3.8) is 0 Å². The number of pyridine rings is 1. The number of carbonyl (C=O) groups is 4. The second-order valence-corrected chi connectivity index (χ2v) is 11.3. The summed E-state index contributed by atoms with van der Waals surface area (Å²) in [4.78, 5) is 59.7.